The number of carbonyl (C=O) groups excluding carboxylic acids is 3. The molecule has 0 saturated heterocycles. The van der Waals surface area contributed by atoms with E-state index in [0.29, 0.717) is 50.7 Å². The second-order valence-corrected chi connectivity index (χ2v) is 8.25. The van der Waals surface area contributed by atoms with E-state index >= 15 is 0 Å². The molecule has 4 rings (SSSR count). The van der Waals surface area contributed by atoms with Crippen molar-refractivity contribution in [3.05, 3.63) is 77.9 Å². The number of nitrogens with one attached hydrogen (secondary N) is 1. The first kappa shape index (κ1) is 26.2. The number of nitrogens with zero attached hydrogens (tertiary/aromatic N) is 1. The van der Waals surface area contributed by atoms with Gasteiger partial charge in [-0.2, -0.15) is 0 Å². The molecule has 9 heteroatoms. The Morgan fingerprint density at radius 1 is 0.842 bits per heavy atom. The Kier molecular flexibility index (Phi) is 7.86. The minimum Gasteiger partial charge on any atom is -0.493 e. The number of ether oxygens (including phenoxy) is 4. The van der Waals surface area contributed by atoms with Crippen molar-refractivity contribution in [2.45, 2.75) is 6.92 Å². The lowest BCUT2D eigenvalue weighted by Crippen LogP contribution is -2.21. The summed E-state index contributed by atoms with van der Waals surface area (Å²) in [5.41, 5.74) is 2.80. The van der Waals surface area contributed by atoms with Gasteiger partial charge >= 0.3 is 5.97 Å². The number of hydrogen-bond acceptors (Lipinski definition) is 8. The van der Waals surface area contributed by atoms with Crippen LogP contribution in [0.5, 0.6) is 17.2 Å². The fraction of sp³-hybridized carbons (Fsp3) is 0.172. The highest BCUT2D eigenvalue weighted by Gasteiger charge is 2.19. The van der Waals surface area contributed by atoms with Gasteiger partial charge in [0.1, 0.15) is 0 Å². The highest BCUT2D eigenvalue weighted by Crippen LogP contribution is 2.41. The zero-order valence-corrected chi connectivity index (χ0v) is 21.4. The van der Waals surface area contributed by atoms with Crippen molar-refractivity contribution < 1.29 is 33.3 Å². The van der Waals surface area contributed by atoms with E-state index in [-0.39, 0.29) is 11.3 Å². The summed E-state index contributed by atoms with van der Waals surface area (Å²) < 4.78 is 21.7. The Morgan fingerprint density at radius 3 is 2.21 bits per heavy atom. The molecule has 1 heterocycles. The van der Waals surface area contributed by atoms with Crippen LogP contribution in [0.4, 0.5) is 5.69 Å². The molecule has 9 nitrogen and oxygen atoms in total. The van der Waals surface area contributed by atoms with Gasteiger partial charge in [0, 0.05) is 22.2 Å². The van der Waals surface area contributed by atoms with Crippen LogP contribution in [0.25, 0.3) is 22.2 Å². The van der Waals surface area contributed by atoms with E-state index in [0.717, 1.165) is 0 Å². The lowest BCUT2D eigenvalue weighted by Gasteiger charge is -2.15. The third-order valence-electron chi connectivity index (χ3n) is 5.78. The van der Waals surface area contributed by atoms with E-state index < -0.39 is 18.5 Å². The molecule has 0 fully saturated rings. The molecule has 38 heavy (non-hydrogen) atoms. The monoisotopic (exact) mass is 514 g/mol. The molecule has 0 aliphatic heterocycles. The number of carbonyl (C=O) groups is 3. The molecular formula is C29H26N2O7. The average Bonchev–Trinajstić information content (AvgIpc) is 2.94. The first-order valence-electron chi connectivity index (χ1n) is 11.6. The van der Waals surface area contributed by atoms with Crippen LogP contribution < -0.4 is 19.5 Å². The normalized spacial score (nSPS) is 10.5. The third-order valence-corrected chi connectivity index (χ3v) is 5.78. The van der Waals surface area contributed by atoms with Gasteiger partial charge in [-0.3, -0.25) is 9.59 Å². The van der Waals surface area contributed by atoms with E-state index in [2.05, 4.69) is 5.32 Å². The standard InChI is InChI=1S/C29H26N2O7/c1-17(32)18-8-7-9-20(12-18)30-27(33)16-38-29(34)22-15-24(31-23-11-6-5-10-21(22)23)19-13-25(35-2)28(37-4)26(14-19)36-3/h5-15H,16H2,1-4H3,(H,30,33). The molecule has 0 radical (unpaired) electrons. The van der Waals surface area contributed by atoms with E-state index in [1.807, 2.05) is 6.07 Å². The van der Waals surface area contributed by atoms with Gasteiger partial charge in [-0.05, 0) is 43.3 Å². The van der Waals surface area contributed by atoms with Crippen LogP contribution in [0.1, 0.15) is 27.6 Å². The lowest BCUT2D eigenvalue weighted by molar-refractivity contribution is -0.119. The molecule has 1 N–H and O–H groups in total. The molecule has 0 bridgehead atoms. The van der Waals surface area contributed by atoms with Crippen molar-refractivity contribution in [2.24, 2.45) is 0 Å². The maximum Gasteiger partial charge on any atom is 0.339 e. The van der Waals surface area contributed by atoms with Gasteiger partial charge in [-0.15, -0.1) is 0 Å². The molecular weight excluding hydrogens is 488 g/mol. The second kappa shape index (κ2) is 11.4. The molecule has 0 unspecified atom stereocenters. The number of anilines is 1. The molecule has 0 saturated carbocycles. The van der Waals surface area contributed by atoms with Crippen molar-refractivity contribution in [2.75, 3.05) is 33.3 Å². The number of pyridine rings is 1. The third kappa shape index (κ3) is 5.57. The fourth-order valence-corrected chi connectivity index (χ4v) is 3.94. The van der Waals surface area contributed by atoms with Crippen LogP contribution in [0.15, 0.2) is 66.7 Å². The number of esters is 1. The highest BCUT2D eigenvalue weighted by molar-refractivity contribution is 6.05. The van der Waals surface area contributed by atoms with Crippen LogP contribution in [-0.2, 0) is 9.53 Å². The summed E-state index contributed by atoms with van der Waals surface area (Å²) >= 11 is 0. The second-order valence-electron chi connectivity index (χ2n) is 8.25. The Hall–Kier alpha value is -4.92. The van der Waals surface area contributed by atoms with Gasteiger partial charge < -0.3 is 24.3 Å². The van der Waals surface area contributed by atoms with Crippen molar-refractivity contribution in [3.8, 4) is 28.5 Å². The predicted octanol–water partition coefficient (Wildman–Crippen LogP) is 4.93. The van der Waals surface area contributed by atoms with E-state index in [4.69, 9.17) is 23.9 Å². The number of methoxy groups -OCH3 is 3. The summed E-state index contributed by atoms with van der Waals surface area (Å²) in [6, 6.07) is 18.7. The number of para-hydroxylation sites is 1. The number of Topliss-reactive ketones (excluding diaryl/α,β-unsaturated/α-hetero) is 1. The summed E-state index contributed by atoms with van der Waals surface area (Å²) in [4.78, 5) is 41.9. The quantitative estimate of drug-likeness (QED) is 0.247. The van der Waals surface area contributed by atoms with Gasteiger partial charge in [-0.25, -0.2) is 9.78 Å². The summed E-state index contributed by atoms with van der Waals surface area (Å²) in [6.45, 7) is 0.924. The molecule has 1 amide bonds. The summed E-state index contributed by atoms with van der Waals surface area (Å²) in [6.07, 6.45) is 0. The van der Waals surface area contributed by atoms with Crippen LogP contribution in [0.3, 0.4) is 0 Å². The van der Waals surface area contributed by atoms with Gasteiger partial charge in [-0.1, -0.05) is 30.3 Å². The van der Waals surface area contributed by atoms with Crippen LogP contribution in [0, 0.1) is 0 Å². The number of hydrogen-bond donors (Lipinski definition) is 1. The molecule has 1 aromatic heterocycles. The zero-order chi connectivity index (χ0) is 27.2. The molecule has 0 aliphatic carbocycles. The maximum atomic E-state index is 13.1. The molecule has 0 aliphatic rings. The Morgan fingerprint density at radius 2 is 1.55 bits per heavy atom. The fourth-order valence-electron chi connectivity index (χ4n) is 3.94. The van der Waals surface area contributed by atoms with Crippen molar-refractivity contribution in [3.63, 3.8) is 0 Å². The number of ketones is 1. The summed E-state index contributed by atoms with van der Waals surface area (Å²) in [5, 5.41) is 3.21. The molecule has 194 valence electrons. The minimum atomic E-state index is -0.690. The summed E-state index contributed by atoms with van der Waals surface area (Å²) in [5.74, 6) is -0.0517. The first-order chi connectivity index (χ1) is 18.3. The largest absolute Gasteiger partial charge is 0.493 e. The number of amides is 1. The number of benzene rings is 3. The predicted molar refractivity (Wildman–Crippen MR) is 142 cm³/mol. The smallest absolute Gasteiger partial charge is 0.339 e. The van der Waals surface area contributed by atoms with Crippen LogP contribution >= 0.6 is 0 Å². The summed E-state index contributed by atoms with van der Waals surface area (Å²) in [7, 11) is 4.54. The molecule has 0 spiro atoms. The minimum absolute atomic E-state index is 0.125. The molecule has 3 aromatic carbocycles. The van der Waals surface area contributed by atoms with Crippen molar-refractivity contribution in [1.29, 1.82) is 0 Å². The maximum absolute atomic E-state index is 13.1. The van der Waals surface area contributed by atoms with Crippen molar-refractivity contribution >= 4 is 34.3 Å². The number of fused-ring (bicyclic) bond motifs is 1. The van der Waals surface area contributed by atoms with E-state index in [9.17, 15) is 14.4 Å². The van der Waals surface area contributed by atoms with Crippen molar-refractivity contribution in [1.82, 2.24) is 4.98 Å². The van der Waals surface area contributed by atoms with E-state index in [1.165, 1.54) is 28.3 Å². The van der Waals surface area contributed by atoms with Gasteiger partial charge in [0.2, 0.25) is 5.75 Å². The number of aromatic nitrogens is 1. The van der Waals surface area contributed by atoms with Gasteiger partial charge in [0.25, 0.3) is 5.91 Å². The lowest BCUT2D eigenvalue weighted by atomic mass is 10.0. The van der Waals surface area contributed by atoms with E-state index in [1.54, 1.807) is 60.7 Å². The SMILES string of the molecule is COc1cc(-c2cc(C(=O)OCC(=O)Nc3cccc(C(C)=O)c3)c3ccccc3n2)cc(OC)c1OC. The Labute approximate surface area is 219 Å². The van der Waals surface area contributed by atoms with Gasteiger partial charge in [0.15, 0.2) is 23.9 Å². The molecule has 4 aromatic rings. The Bertz CT molecular complexity index is 1510. The van der Waals surface area contributed by atoms with Crippen LogP contribution in [-0.4, -0.2) is 50.6 Å². The molecule has 0 atom stereocenters. The topological polar surface area (TPSA) is 113 Å². The zero-order valence-electron chi connectivity index (χ0n) is 21.4. The number of rotatable bonds is 9. The Balaban J connectivity index is 1.62. The first-order valence-corrected chi connectivity index (χ1v) is 11.6. The van der Waals surface area contributed by atoms with Gasteiger partial charge in [0.05, 0.1) is 38.1 Å². The highest BCUT2D eigenvalue weighted by atomic mass is 16.5. The average molecular weight is 515 g/mol. The van der Waals surface area contributed by atoms with Crippen LogP contribution in [0.2, 0.25) is 0 Å².